The molecule has 0 spiro atoms. The number of hydrogen-bond donors (Lipinski definition) is 2. The molecule has 0 amide bonds. The molecule has 1 saturated heterocycles. The van der Waals surface area contributed by atoms with Gasteiger partial charge >= 0.3 is 17.6 Å². The summed E-state index contributed by atoms with van der Waals surface area (Å²) in [7, 11) is 2.40. The molecule has 34 heavy (non-hydrogen) atoms. The van der Waals surface area contributed by atoms with Gasteiger partial charge in [0.1, 0.15) is 6.33 Å². The van der Waals surface area contributed by atoms with Crippen LogP contribution in [0, 0.1) is 10.1 Å². The predicted octanol–water partition coefficient (Wildman–Crippen LogP) is 1.84. The Hall–Kier alpha value is -3.84. The zero-order chi connectivity index (χ0) is 24.5. The number of ether oxygens (including phenoxy) is 3. The zero-order valence-electron chi connectivity index (χ0n) is 18.9. The van der Waals surface area contributed by atoms with Gasteiger partial charge in [-0.15, -0.1) is 0 Å². The van der Waals surface area contributed by atoms with Crippen LogP contribution in [0.3, 0.4) is 0 Å². The van der Waals surface area contributed by atoms with Gasteiger partial charge in [-0.2, -0.15) is 0 Å². The number of nitrogens with one attached hydrogen (secondary N) is 2. The summed E-state index contributed by atoms with van der Waals surface area (Å²) in [6.07, 6.45) is 1.94. The number of rotatable bonds is 10. The summed E-state index contributed by atoms with van der Waals surface area (Å²) in [5.74, 6) is -1.42. The van der Waals surface area contributed by atoms with Crippen LogP contribution in [0.4, 0.5) is 23.0 Å². The topological polar surface area (TPSA) is 158 Å². The second-order valence-corrected chi connectivity index (χ2v) is 7.32. The molecule has 0 atom stereocenters. The van der Waals surface area contributed by atoms with Gasteiger partial charge in [0.15, 0.2) is 0 Å². The van der Waals surface area contributed by atoms with Crippen LogP contribution in [0.5, 0.6) is 0 Å². The molecule has 13 nitrogen and oxygen atoms in total. The maximum atomic E-state index is 12.0. The summed E-state index contributed by atoms with van der Waals surface area (Å²) in [5.41, 5.74) is -0.0301. The van der Waals surface area contributed by atoms with Gasteiger partial charge in [-0.25, -0.2) is 19.6 Å². The predicted molar refractivity (Wildman–Crippen MR) is 121 cm³/mol. The van der Waals surface area contributed by atoms with Crippen molar-refractivity contribution in [3.05, 3.63) is 45.8 Å². The monoisotopic (exact) mass is 474 g/mol. The first-order valence-electron chi connectivity index (χ1n) is 10.5. The third-order valence-corrected chi connectivity index (χ3v) is 5.09. The first-order chi connectivity index (χ1) is 16.4. The Morgan fingerprint density at radius 1 is 1.09 bits per heavy atom. The van der Waals surface area contributed by atoms with Gasteiger partial charge in [0, 0.05) is 25.3 Å². The quantitative estimate of drug-likeness (QED) is 0.223. The molecule has 0 radical (unpaired) electrons. The number of hydrogen-bond acceptors (Lipinski definition) is 12. The Kier molecular flexibility index (Phi) is 8.65. The highest BCUT2D eigenvalue weighted by molar-refractivity contribution is 5.97. The molecule has 1 aromatic carbocycles. The number of nitro groups is 1. The smallest absolute Gasteiger partial charge is 0.353 e. The second kappa shape index (κ2) is 11.9. The van der Waals surface area contributed by atoms with Crippen molar-refractivity contribution < 1.29 is 28.7 Å². The SMILES string of the molecule is COC(=O)c1cc(Nc2ncnc(NCCCN3CCOCC3)c2[N+](=O)[O-])cc(C(=O)OC)c1. The summed E-state index contributed by atoms with van der Waals surface area (Å²) in [5, 5.41) is 17.6. The number of nitrogens with zero attached hydrogens (tertiary/aromatic N) is 4. The number of morpholine rings is 1. The third-order valence-electron chi connectivity index (χ3n) is 5.09. The van der Waals surface area contributed by atoms with E-state index in [1.54, 1.807) is 0 Å². The first-order valence-corrected chi connectivity index (χ1v) is 10.5. The maximum Gasteiger partial charge on any atom is 0.353 e. The molecule has 0 aliphatic carbocycles. The lowest BCUT2D eigenvalue weighted by Gasteiger charge is -2.26. The molecular weight excluding hydrogens is 448 g/mol. The van der Waals surface area contributed by atoms with E-state index in [0.717, 1.165) is 26.1 Å². The van der Waals surface area contributed by atoms with E-state index in [-0.39, 0.29) is 34.1 Å². The minimum Gasteiger partial charge on any atom is -0.465 e. The first kappa shape index (κ1) is 24.8. The molecule has 0 unspecified atom stereocenters. The van der Waals surface area contributed by atoms with Crippen molar-refractivity contribution in [2.24, 2.45) is 0 Å². The van der Waals surface area contributed by atoms with Crippen LogP contribution >= 0.6 is 0 Å². The van der Waals surface area contributed by atoms with E-state index in [1.165, 1.54) is 38.7 Å². The standard InChI is InChI=1S/C21H26N6O7/c1-32-20(28)14-10-15(21(29)33-2)12-16(11-14)25-19-17(27(30)31)18(23-13-24-19)22-4-3-5-26-6-8-34-9-7-26/h10-13H,3-9H2,1-2H3,(H2,22,23,24,25). The fourth-order valence-corrected chi connectivity index (χ4v) is 3.41. The van der Waals surface area contributed by atoms with Gasteiger partial charge in [-0.1, -0.05) is 0 Å². The van der Waals surface area contributed by atoms with Gasteiger partial charge < -0.3 is 24.8 Å². The largest absolute Gasteiger partial charge is 0.465 e. The van der Waals surface area contributed by atoms with E-state index in [2.05, 4.69) is 25.5 Å². The molecular formula is C21H26N6O7. The average Bonchev–Trinajstić information content (AvgIpc) is 2.85. The Bertz CT molecular complexity index is 1010. The Balaban J connectivity index is 1.79. The van der Waals surface area contributed by atoms with Gasteiger partial charge in [-0.05, 0) is 31.2 Å². The zero-order valence-corrected chi connectivity index (χ0v) is 18.9. The number of carbonyl (C=O) groups excluding carboxylic acids is 2. The van der Waals surface area contributed by atoms with E-state index < -0.39 is 16.9 Å². The normalized spacial score (nSPS) is 13.7. The Morgan fingerprint density at radius 2 is 1.71 bits per heavy atom. The number of anilines is 3. The van der Waals surface area contributed by atoms with E-state index in [0.29, 0.717) is 19.8 Å². The highest BCUT2D eigenvalue weighted by atomic mass is 16.6. The summed E-state index contributed by atoms with van der Waals surface area (Å²) >= 11 is 0. The van der Waals surface area contributed by atoms with Crippen LogP contribution in [-0.4, -0.2) is 85.3 Å². The lowest BCUT2D eigenvalue weighted by molar-refractivity contribution is -0.383. The summed E-state index contributed by atoms with van der Waals surface area (Å²) < 4.78 is 14.8. The highest BCUT2D eigenvalue weighted by Crippen LogP contribution is 2.31. The fourth-order valence-electron chi connectivity index (χ4n) is 3.41. The fraction of sp³-hybridized carbons (Fsp3) is 0.429. The van der Waals surface area contributed by atoms with Crippen molar-refractivity contribution in [1.82, 2.24) is 14.9 Å². The van der Waals surface area contributed by atoms with Crippen LogP contribution < -0.4 is 10.6 Å². The summed E-state index contributed by atoms with van der Waals surface area (Å²) in [4.78, 5) is 45.5. The van der Waals surface area contributed by atoms with Crippen LogP contribution in [0.15, 0.2) is 24.5 Å². The highest BCUT2D eigenvalue weighted by Gasteiger charge is 2.24. The molecule has 0 saturated carbocycles. The van der Waals surface area contributed by atoms with E-state index in [1.807, 2.05) is 0 Å². The molecule has 182 valence electrons. The molecule has 13 heteroatoms. The molecule has 1 fully saturated rings. The lowest BCUT2D eigenvalue weighted by Crippen LogP contribution is -2.37. The number of methoxy groups -OCH3 is 2. The van der Waals surface area contributed by atoms with Crippen molar-refractivity contribution in [3.63, 3.8) is 0 Å². The molecule has 2 N–H and O–H groups in total. The van der Waals surface area contributed by atoms with Gasteiger partial charge in [0.05, 0.1) is 43.5 Å². The van der Waals surface area contributed by atoms with Crippen LogP contribution in [0.25, 0.3) is 0 Å². The molecule has 3 rings (SSSR count). The van der Waals surface area contributed by atoms with Crippen molar-refractivity contribution >= 4 is 34.9 Å². The molecule has 0 bridgehead atoms. The minimum atomic E-state index is -0.686. The minimum absolute atomic E-state index is 0.0572. The van der Waals surface area contributed by atoms with Crippen LogP contribution in [0.2, 0.25) is 0 Å². The van der Waals surface area contributed by atoms with Gasteiger partial charge in [0.25, 0.3) is 0 Å². The van der Waals surface area contributed by atoms with Gasteiger partial charge in [0.2, 0.25) is 11.6 Å². The number of esters is 2. The number of carbonyl (C=O) groups is 2. The average molecular weight is 474 g/mol. The Morgan fingerprint density at radius 3 is 2.29 bits per heavy atom. The molecule has 2 aromatic rings. The Labute approximate surface area is 195 Å². The molecule has 1 aromatic heterocycles. The van der Waals surface area contributed by atoms with E-state index >= 15 is 0 Å². The van der Waals surface area contributed by atoms with Crippen molar-refractivity contribution in [1.29, 1.82) is 0 Å². The van der Waals surface area contributed by atoms with E-state index in [4.69, 9.17) is 14.2 Å². The van der Waals surface area contributed by atoms with Crippen LogP contribution in [0.1, 0.15) is 27.1 Å². The lowest BCUT2D eigenvalue weighted by atomic mass is 10.1. The molecule has 2 heterocycles. The second-order valence-electron chi connectivity index (χ2n) is 7.32. The summed E-state index contributed by atoms with van der Waals surface area (Å²) in [6.45, 7) is 4.43. The van der Waals surface area contributed by atoms with Gasteiger partial charge in [-0.3, -0.25) is 15.0 Å². The summed E-state index contributed by atoms with van der Waals surface area (Å²) in [6, 6.07) is 4.08. The van der Waals surface area contributed by atoms with E-state index in [9.17, 15) is 19.7 Å². The van der Waals surface area contributed by atoms with Crippen molar-refractivity contribution in [2.75, 3.05) is 64.2 Å². The number of benzene rings is 1. The molecule has 1 aliphatic rings. The van der Waals surface area contributed by atoms with Crippen molar-refractivity contribution in [2.45, 2.75) is 6.42 Å². The maximum absolute atomic E-state index is 12.0. The number of aromatic nitrogens is 2. The molecule has 1 aliphatic heterocycles. The van der Waals surface area contributed by atoms with Crippen molar-refractivity contribution in [3.8, 4) is 0 Å². The van der Waals surface area contributed by atoms with Crippen LogP contribution in [-0.2, 0) is 14.2 Å². The third kappa shape index (κ3) is 6.36.